The molecule has 0 aromatic heterocycles. The highest BCUT2D eigenvalue weighted by Gasteiger charge is 2.51. The van der Waals surface area contributed by atoms with Crippen molar-refractivity contribution in [1.82, 2.24) is 10.2 Å². The van der Waals surface area contributed by atoms with Crippen molar-refractivity contribution in [2.45, 2.75) is 95.2 Å². The summed E-state index contributed by atoms with van der Waals surface area (Å²) in [7, 11) is 1.49. The monoisotopic (exact) mass is 560 g/mol. The second-order valence-corrected chi connectivity index (χ2v) is 10.9. The fourth-order valence-electron chi connectivity index (χ4n) is 6.04. The van der Waals surface area contributed by atoms with E-state index in [2.05, 4.69) is 12.2 Å². The molecule has 2 heterocycles. The highest BCUT2D eigenvalue weighted by molar-refractivity contribution is 5.96. The van der Waals surface area contributed by atoms with E-state index in [4.69, 9.17) is 14.2 Å². The van der Waals surface area contributed by atoms with Crippen LogP contribution < -0.4 is 14.8 Å². The number of hydrogen-bond acceptors (Lipinski definition) is 8. The van der Waals surface area contributed by atoms with Gasteiger partial charge in [-0.05, 0) is 43.0 Å². The highest BCUT2D eigenvalue weighted by atomic mass is 16.5. The Morgan fingerprint density at radius 2 is 1.98 bits per heavy atom. The first kappa shape index (κ1) is 30.3. The zero-order valence-electron chi connectivity index (χ0n) is 23.6. The van der Waals surface area contributed by atoms with Crippen LogP contribution in [0.3, 0.4) is 0 Å². The smallest absolute Gasteiger partial charge is 0.247 e. The average Bonchev–Trinajstić information content (AvgIpc) is 3.62. The second kappa shape index (κ2) is 14.3. The van der Waals surface area contributed by atoms with E-state index < -0.39 is 30.1 Å². The van der Waals surface area contributed by atoms with Gasteiger partial charge in [-0.1, -0.05) is 32.6 Å². The molecule has 1 aliphatic carbocycles. The molecule has 3 aliphatic rings. The lowest BCUT2D eigenvalue weighted by Gasteiger charge is -2.41. The second-order valence-electron chi connectivity index (χ2n) is 10.9. The van der Waals surface area contributed by atoms with Crippen LogP contribution in [0.5, 0.6) is 11.5 Å². The van der Waals surface area contributed by atoms with Crippen LogP contribution in [0.4, 0.5) is 0 Å². The molecule has 5 atom stereocenters. The lowest BCUT2D eigenvalue weighted by atomic mass is 9.77. The third-order valence-electron chi connectivity index (χ3n) is 8.09. The fraction of sp³-hybridized carbons (Fsp3) is 0.667. The number of hydrogen-bond donors (Lipinski definition) is 4. The van der Waals surface area contributed by atoms with Gasteiger partial charge in [0.05, 0.1) is 38.4 Å². The molecule has 4 rings (SSSR count). The SMILES string of the molecule is CCCCCCCC(=O)N(CC1CCCO1)C1C=C(C(=O)NCCO)C2c3cc(CO)cc(OC)c3OC2C1O. The van der Waals surface area contributed by atoms with Crippen molar-refractivity contribution in [3.05, 3.63) is 34.9 Å². The molecule has 5 unspecified atom stereocenters. The van der Waals surface area contributed by atoms with E-state index in [0.717, 1.165) is 44.9 Å². The van der Waals surface area contributed by atoms with E-state index in [0.29, 0.717) is 47.8 Å². The maximum absolute atomic E-state index is 13.7. The number of benzene rings is 1. The van der Waals surface area contributed by atoms with Crippen LogP contribution in [0, 0.1) is 0 Å². The summed E-state index contributed by atoms with van der Waals surface area (Å²) in [4.78, 5) is 28.8. The van der Waals surface area contributed by atoms with Crippen molar-refractivity contribution in [1.29, 1.82) is 0 Å². The number of carbonyl (C=O) groups excluding carboxylic acids is 2. The molecule has 1 aromatic rings. The zero-order valence-corrected chi connectivity index (χ0v) is 23.6. The molecule has 2 amide bonds. The van der Waals surface area contributed by atoms with Gasteiger partial charge in [0.2, 0.25) is 11.8 Å². The minimum atomic E-state index is -1.13. The molecular weight excluding hydrogens is 516 g/mol. The van der Waals surface area contributed by atoms with Gasteiger partial charge in [0.25, 0.3) is 0 Å². The molecule has 0 radical (unpaired) electrons. The Hall–Kier alpha value is -2.66. The number of fused-ring (bicyclic) bond motifs is 3. The molecule has 40 heavy (non-hydrogen) atoms. The number of methoxy groups -OCH3 is 1. The van der Waals surface area contributed by atoms with Crippen LogP contribution >= 0.6 is 0 Å². The number of amides is 2. The van der Waals surface area contributed by atoms with Gasteiger partial charge in [-0.15, -0.1) is 0 Å². The van der Waals surface area contributed by atoms with E-state index in [1.807, 2.05) is 0 Å². The van der Waals surface area contributed by atoms with E-state index >= 15 is 0 Å². The lowest BCUT2D eigenvalue weighted by molar-refractivity contribution is -0.139. The standard InChI is InChI=1S/C30H44N2O8/c1-3-4-5-6-7-10-25(35)32(17-20-9-8-13-39-20)23-16-22(30(37)31-11-12-33)26-21-14-19(18-34)15-24(38-2)28(21)40-29(26)27(23)36/h14-16,20,23,26-27,29,33-34,36H,3-13,17-18H2,1-2H3,(H,31,37). The largest absolute Gasteiger partial charge is 0.493 e. The maximum Gasteiger partial charge on any atom is 0.247 e. The van der Waals surface area contributed by atoms with Gasteiger partial charge in [0.15, 0.2) is 11.5 Å². The molecule has 4 N–H and O–H groups in total. The van der Waals surface area contributed by atoms with E-state index in [-0.39, 0.29) is 31.8 Å². The topological polar surface area (TPSA) is 138 Å². The highest BCUT2D eigenvalue weighted by Crippen LogP contribution is 2.51. The lowest BCUT2D eigenvalue weighted by Crippen LogP contribution is -2.57. The first-order valence-electron chi connectivity index (χ1n) is 14.6. The van der Waals surface area contributed by atoms with Gasteiger partial charge in [-0.3, -0.25) is 9.59 Å². The predicted molar refractivity (Wildman–Crippen MR) is 148 cm³/mol. The predicted octanol–water partition coefficient (Wildman–Crippen LogP) is 2.18. The minimum absolute atomic E-state index is 0.0603. The summed E-state index contributed by atoms with van der Waals surface area (Å²) in [6, 6.07) is 2.62. The zero-order chi connectivity index (χ0) is 28.6. The molecule has 10 nitrogen and oxygen atoms in total. The molecule has 0 bridgehead atoms. The van der Waals surface area contributed by atoms with Crippen LogP contribution in [-0.2, 0) is 20.9 Å². The third-order valence-corrected chi connectivity index (χ3v) is 8.09. The van der Waals surface area contributed by atoms with Crippen molar-refractivity contribution >= 4 is 11.8 Å². The van der Waals surface area contributed by atoms with Gasteiger partial charge in [-0.25, -0.2) is 0 Å². The minimum Gasteiger partial charge on any atom is -0.493 e. The molecular formula is C30H44N2O8. The number of nitrogens with one attached hydrogen (secondary N) is 1. The van der Waals surface area contributed by atoms with Gasteiger partial charge in [0, 0.05) is 37.3 Å². The molecule has 0 spiro atoms. The molecule has 2 aliphatic heterocycles. The summed E-state index contributed by atoms with van der Waals surface area (Å²) < 4.78 is 17.7. The van der Waals surface area contributed by atoms with Crippen molar-refractivity contribution in [2.24, 2.45) is 0 Å². The number of aliphatic hydroxyl groups excluding tert-OH is 3. The van der Waals surface area contributed by atoms with Gasteiger partial charge < -0.3 is 39.7 Å². The Balaban J connectivity index is 1.70. The van der Waals surface area contributed by atoms with Crippen LogP contribution in [0.25, 0.3) is 0 Å². The van der Waals surface area contributed by atoms with Gasteiger partial charge >= 0.3 is 0 Å². The Kier molecular flexibility index (Phi) is 10.8. The molecule has 222 valence electrons. The van der Waals surface area contributed by atoms with E-state index in [9.17, 15) is 24.9 Å². The Labute approximate surface area is 236 Å². The third kappa shape index (κ3) is 6.62. The Morgan fingerprint density at radius 1 is 1.18 bits per heavy atom. The summed E-state index contributed by atoms with van der Waals surface area (Å²) in [5, 5.41) is 33.6. The number of nitrogens with zero attached hydrogens (tertiary/aromatic N) is 1. The van der Waals surface area contributed by atoms with Crippen molar-refractivity contribution in [3.8, 4) is 11.5 Å². The molecule has 0 saturated carbocycles. The average molecular weight is 561 g/mol. The van der Waals surface area contributed by atoms with Crippen LogP contribution in [0.2, 0.25) is 0 Å². The van der Waals surface area contributed by atoms with E-state index in [1.54, 1.807) is 23.1 Å². The molecule has 1 saturated heterocycles. The Bertz CT molecular complexity index is 1050. The van der Waals surface area contributed by atoms with Crippen LogP contribution in [0.15, 0.2) is 23.8 Å². The normalized spacial score (nSPS) is 25.0. The van der Waals surface area contributed by atoms with E-state index in [1.165, 1.54) is 7.11 Å². The number of ether oxygens (including phenoxy) is 3. The number of rotatable bonds is 14. The first-order chi connectivity index (χ1) is 19.4. The van der Waals surface area contributed by atoms with Gasteiger partial charge in [-0.2, -0.15) is 0 Å². The quantitative estimate of drug-likeness (QED) is 0.254. The van der Waals surface area contributed by atoms with Crippen molar-refractivity contribution in [3.63, 3.8) is 0 Å². The first-order valence-corrected chi connectivity index (χ1v) is 14.6. The number of unbranched alkanes of at least 4 members (excludes halogenated alkanes) is 4. The van der Waals surface area contributed by atoms with Crippen LogP contribution in [-0.4, -0.2) is 89.8 Å². The molecule has 10 heteroatoms. The summed E-state index contributed by atoms with van der Waals surface area (Å²) in [5.41, 5.74) is 1.56. The molecule has 1 aromatic carbocycles. The summed E-state index contributed by atoms with van der Waals surface area (Å²) in [6.07, 6.45) is 6.69. The van der Waals surface area contributed by atoms with Crippen molar-refractivity contribution < 1.29 is 39.1 Å². The fourth-order valence-corrected chi connectivity index (χ4v) is 6.04. The number of carbonyl (C=O) groups is 2. The Morgan fingerprint density at radius 3 is 2.65 bits per heavy atom. The van der Waals surface area contributed by atoms with Crippen molar-refractivity contribution in [2.75, 3.05) is 33.4 Å². The van der Waals surface area contributed by atoms with Crippen LogP contribution in [0.1, 0.15) is 75.3 Å². The molecule has 1 fully saturated rings. The summed E-state index contributed by atoms with van der Waals surface area (Å²) in [5.74, 6) is -0.335. The summed E-state index contributed by atoms with van der Waals surface area (Å²) >= 11 is 0. The number of aliphatic hydroxyl groups is 3. The maximum atomic E-state index is 13.7. The van der Waals surface area contributed by atoms with Gasteiger partial charge in [0.1, 0.15) is 12.2 Å². The summed E-state index contributed by atoms with van der Waals surface area (Å²) in [6.45, 7) is 2.71.